The van der Waals surface area contributed by atoms with Gasteiger partial charge in [-0.3, -0.25) is 0 Å². The van der Waals surface area contributed by atoms with E-state index in [-0.39, 0.29) is 0 Å². The van der Waals surface area contributed by atoms with Crippen LogP contribution in [0, 0.1) is 41.5 Å². The van der Waals surface area contributed by atoms with E-state index in [1.165, 1.54) is 55.6 Å². The molecule has 9 aromatic rings. The molecule has 3 nitrogen and oxygen atoms in total. The van der Waals surface area contributed by atoms with Gasteiger partial charge < -0.3 is 14.7 Å². The molecular weight excluding hydrogens is 775 g/mol. The van der Waals surface area contributed by atoms with Gasteiger partial charge in [0.05, 0.1) is 16.8 Å². The lowest BCUT2D eigenvalue weighted by molar-refractivity contribution is 0.730. The summed E-state index contributed by atoms with van der Waals surface area (Å²) in [5.74, 6) is 0. The highest BCUT2D eigenvalue weighted by Gasteiger charge is 2.47. The summed E-state index contributed by atoms with van der Waals surface area (Å²) in [6.45, 7) is 13.0. The Bertz CT molecular complexity index is 2860. The number of hydrogen-bond donors (Lipinski definition) is 0. The largest absolute Gasteiger partial charge is 0.310 e. The second kappa shape index (κ2) is 16.6. The highest BCUT2D eigenvalue weighted by atomic mass is 15.2. The Kier molecular flexibility index (Phi) is 10.5. The third-order valence-corrected chi connectivity index (χ3v) is 12.9. The fourth-order valence-electron chi connectivity index (χ4n) is 9.59. The maximum absolute atomic E-state index is 2.46. The molecule has 312 valence electrons. The van der Waals surface area contributed by atoms with Crippen LogP contribution in [0.4, 0.5) is 51.2 Å². The van der Waals surface area contributed by atoms with Gasteiger partial charge in [-0.05, 0) is 161 Å². The number of fused-ring (bicyclic) bond motifs is 2. The van der Waals surface area contributed by atoms with Gasteiger partial charge in [0.2, 0.25) is 0 Å². The molecule has 0 spiro atoms. The third-order valence-electron chi connectivity index (χ3n) is 12.9. The van der Waals surface area contributed by atoms with Crippen LogP contribution in [0.2, 0.25) is 0 Å². The van der Waals surface area contributed by atoms with Crippen molar-refractivity contribution in [3.8, 4) is 0 Å². The van der Waals surface area contributed by atoms with Crippen LogP contribution in [0.15, 0.2) is 212 Å². The molecule has 0 amide bonds. The van der Waals surface area contributed by atoms with Gasteiger partial charge in [0.15, 0.2) is 0 Å². The SMILES string of the molecule is Cc1ccc(N(c2ccc(C)cc2)c2cccc(C3(c4cccc(N(c5ccc(C)cc5)c5ccc(C)cc5)c4)c4ccccc4N(c4ccc(C)cc4)c4ccc(C)cc43)c2)cc1. The van der Waals surface area contributed by atoms with Crippen LogP contribution >= 0.6 is 0 Å². The minimum absolute atomic E-state index is 0.746. The van der Waals surface area contributed by atoms with Crippen molar-refractivity contribution in [2.24, 2.45) is 0 Å². The van der Waals surface area contributed by atoms with Crippen LogP contribution in [-0.4, -0.2) is 0 Å². The molecular formula is C61H53N3. The Balaban J connectivity index is 1.29. The van der Waals surface area contributed by atoms with Gasteiger partial charge in [-0.15, -0.1) is 0 Å². The summed E-state index contributed by atoms with van der Waals surface area (Å²) < 4.78 is 0. The molecule has 0 unspecified atom stereocenters. The van der Waals surface area contributed by atoms with Gasteiger partial charge in [0.1, 0.15) is 0 Å². The van der Waals surface area contributed by atoms with Crippen molar-refractivity contribution in [2.75, 3.05) is 14.7 Å². The molecule has 1 aliphatic heterocycles. The van der Waals surface area contributed by atoms with Crippen LogP contribution in [0.25, 0.3) is 0 Å². The molecule has 0 N–H and O–H groups in total. The van der Waals surface area contributed by atoms with E-state index in [0.717, 1.165) is 51.2 Å². The minimum atomic E-state index is -0.746. The summed E-state index contributed by atoms with van der Waals surface area (Å²) in [5.41, 5.74) is 21.5. The smallest absolute Gasteiger partial charge is 0.0743 e. The second-order valence-electron chi connectivity index (χ2n) is 17.6. The van der Waals surface area contributed by atoms with E-state index in [1.54, 1.807) is 0 Å². The van der Waals surface area contributed by atoms with Crippen molar-refractivity contribution in [1.82, 2.24) is 0 Å². The number of rotatable bonds is 9. The number of hydrogen-bond acceptors (Lipinski definition) is 3. The molecule has 0 saturated heterocycles. The lowest BCUT2D eigenvalue weighted by atomic mass is 9.62. The summed E-state index contributed by atoms with van der Waals surface area (Å²) in [4.78, 5) is 7.26. The number of nitrogens with zero attached hydrogens (tertiary/aromatic N) is 3. The predicted octanol–water partition coefficient (Wildman–Crippen LogP) is 16.6. The summed E-state index contributed by atoms with van der Waals surface area (Å²) >= 11 is 0. The summed E-state index contributed by atoms with van der Waals surface area (Å²) in [5, 5.41) is 0. The van der Waals surface area contributed by atoms with E-state index >= 15 is 0 Å². The Labute approximate surface area is 379 Å². The first kappa shape index (κ1) is 40.5. The Morgan fingerprint density at radius 1 is 0.297 bits per heavy atom. The van der Waals surface area contributed by atoms with Gasteiger partial charge >= 0.3 is 0 Å². The normalized spacial score (nSPS) is 12.6. The quantitative estimate of drug-likeness (QED) is 0.144. The van der Waals surface area contributed by atoms with Gasteiger partial charge in [-0.1, -0.05) is 149 Å². The summed E-state index contributed by atoms with van der Waals surface area (Å²) in [6.07, 6.45) is 0. The van der Waals surface area contributed by atoms with Crippen LogP contribution in [0.3, 0.4) is 0 Å². The fourth-order valence-corrected chi connectivity index (χ4v) is 9.59. The van der Waals surface area contributed by atoms with Gasteiger partial charge in [0, 0.05) is 39.8 Å². The van der Waals surface area contributed by atoms with Crippen LogP contribution in [-0.2, 0) is 5.41 Å². The van der Waals surface area contributed by atoms with E-state index in [1.807, 2.05) is 0 Å². The lowest BCUT2D eigenvalue weighted by Crippen LogP contribution is -2.38. The van der Waals surface area contributed by atoms with Gasteiger partial charge in [0.25, 0.3) is 0 Å². The first-order chi connectivity index (χ1) is 31.2. The third kappa shape index (κ3) is 7.23. The Hall–Kier alpha value is -7.62. The molecule has 9 aromatic carbocycles. The molecule has 3 heteroatoms. The average molecular weight is 828 g/mol. The maximum Gasteiger partial charge on any atom is 0.0743 e. The fraction of sp³-hybridized carbons (Fsp3) is 0.115. The molecule has 1 aliphatic rings. The van der Waals surface area contributed by atoms with Crippen molar-refractivity contribution in [3.63, 3.8) is 0 Å². The number of aryl methyl sites for hydroxylation is 6. The van der Waals surface area contributed by atoms with E-state index in [0.29, 0.717) is 0 Å². The van der Waals surface area contributed by atoms with E-state index in [9.17, 15) is 0 Å². The number of anilines is 9. The van der Waals surface area contributed by atoms with Gasteiger partial charge in [-0.25, -0.2) is 0 Å². The topological polar surface area (TPSA) is 9.72 Å². The maximum atomic E-state index is 2.46. The van der Waals surface area contributed by atoms with Crippen LogP contribution < -0.4 is 14.7 Å². The molecule has 0 bridgehead atoms. The van der Waals surface area contributed by atoms with Crippen molar-refractivity contribution in [2.45, 2.75) is 47.0 Å². The monoisotopic (exact) mass is 827 g/mol. The highest BCUT2D eigenvalue weighted by molar-refractivity contribution is 5.91. The standard InChI is InChI=1S/C61H53N3/c1-42-17-28-50(29-18-42)62(51-30-19-43(2)20-31-51)55-13-9-11-48(40-55)61(49-12-10-14-56(41-49)63(52-32-21-44(3)22-33-52)53-34-23-45(4)24-35-53)57-15-7-8-16-59(57)64(54-36-25-46(5)26-37-54)60-38-27-47(6)39-58(60)61/h7-41H,1-6H3. The molecule has 0 fully saturated rings. The van der Waals surface area contributed by atoms with Crippen molar-refractivity contribution in [3.05, 3.63) is 268 Å². The van der Waals surface area contributed by atoms with E-state index in [2.05, 4.69) is 269 Å². The first-order valence-electron chi connectivity index (χ1n) is 22.3. The minimum Gasteiger partial charge on any atom is -0.310 e. The van der Waals surface area contributed by atoms with Crippen molar-refractivity contribution >= 4 is 51.2 Å². The summed E-state index contributed by atoms with van der Waals surface area (Å²) in [7, 11) is 0. The number of benzene rings is 9. The Morgan fingerprint density at radius 2 is 0.672 bits per heavy atom. The molecule has 0 aliphatic carbocycles. The molecule has 1 heterocycles. The Morgan fingerprint density at radius 3 is 1.11 bits per heavy atom. The highest BCUT2D eigenvalue weighted by Crippen LogP contribution is 2.59. The van der Waals surface area contributed by atoms with Gasteiger partial charge in [-0.2, -0.15) is 0 Å². The van der Waals surface area contributed by atoms with Crippen molar-refractivity contribution in [1.29, 1.82) is 0 Å². The molecule has 0 aromatic heterocycles. The zero-order valence-corrected chi connectivity index (χ0v) is 37.5. The number of para-hydroxylation sites is 1. The summed E-state index contributed by atoms with van der Waals surface area (Å²) in [6, 6.07) is 79.2. The first-order valence-corrected chi connectivity index (χ1v) is 22.3. The zero-order chi connectivity index (χ0) is 44.0. The molecule has 0 saturated carbocycles. The zero-order valence-electron chi connectivity index (χ0n) is 37.5. The van der Waals surface area contributed by atoms with Crippen LogP contribution in [0.1, 0.15) is 55.6 Å². The average Bonchev–Trinajstić information content (AvgIpc) is 3.31. The van der Waals surface area contributed by atoms with E-state index in [4.69, 9.17) is 0 Å². The van der Waals surface area contributed by atoms with E-state index < -0.39 is 5.41 Å². The lowest BCUT2D eigenvalue weighted by Gasteiger charge is -2.47. The second-order valence-corrected chi connectivity index (χ2v) is 17.6. The molecule has 0 atom stereocenters. The molecule has 64 heavy (non-hydrogen) atoms. The molecule has 10 rings (SSSR count). The van der Waals surface area contributed by atoms with Crippen molar-refractivity contribution < 1.29 is 0 Å². The predicted molar refractivity (Wildman–Crippen MR) is 271 cm³/mol. The van der Waals surface area contributed by atoms with Crippen LogP contribution in [0.5, 0.6) is 0 Å². The molecule has 0 radical (unpaired) electrons.